The zero-order valence-electron chi connectivity index (χ0n) is 22.7. The Morgan fingerprint density at radius 1 is 0.667 bits per heavy atom. The first kappa shape index (κ1) is 30.7. The van der Waals surface area contributed by atoms with Crippen molar-refractivity contribution < 1.29 is 45.0 Å². The molecule has 3 unspecified atom stereocenters. The fraction of sp³-hybridized carbons (Fsp3) is 0.214. The first-order valence-corrected chi connectivity index (χ1v) is 15.3. The van der Waals surface area contributed by atoms with Crippen LogP contribution >= 0.6 is 0 Å². The van der Waals surface area contributed by atoms with Crippen LogP contribution in [0.4, 0.5) is 0 Å². The Labute approximate surface area is 242 Å². The molecule has 0 fully saturated rings. The van der Waals surface area contributed by atoms with Gasteiger partial charge in [0.1, 0.15) is 6.04 Å². The molecule has 0 aliphatic rings. The SMILES string of the molecule is Cc1ccc(S(=O)(=O)OC(C)C(C(OS(=O)(=O)c2ccc(C)cc2)n2ccc(C(=O)O)c2)n2ccc(C(=O)O)c2)cc1. The standard InChI is InChI=1S/C28H28N2O10S2/c1-18-4-8-23(9-5-18)41(35,36)39-20(3)25(29-14-12-21(16-29)27(31)32)26(30-15-13-22(17-30)28(33)34)40-42(37,38)24-10-6-19(2)7-11-24/h4-17,20,25-26H,1-3H3,(H,31,32)(H,33,34). The minimum Gasteiger partial charge on any atom is -0.478 e. The molecule has 0 aliphatic carbocycles. The third kappa shape index (κ3) is 6.79. The third-order valence-electron chi connectivity index (χ3n) is 6.46. The van der Waals surface area contributed by atoms with E-state index in [1.54, 1.807) is 38.1 Å². The van der Waals surface area contributed by atoms with Crippen LogP contribution in [0, 0.1) is 13.8 Å². The van der Waals surface area contributed by atoms with Crippen molar-refractivity contribution in [3.05, 3.63) is 108 Å². The first-order chi connectivity index (χ1) is 19.7. The van der Waals surface area contributed by atoms with Crippen LogP contribution in [0.2, 0.25) is 0 Å². The molecule has 0 spiro atoms. The second kappa shape index (κ2) is 11.9. The van der Waals surface area contributed by atoms with Crippen LogP contribution < -0.4 is 0 Å². The number of carboxylic acid groups (broad SMARTS) is 2. The van der Waals surface area contributed by atoms with Gasteiger partial charge in [0.05, 0.1) is 27.0 Å². The van der Waals surface area contributed by atoms with Crippen molar-refractivity contribution >= 4 is 32.2 Å². The lowest BCUT2D eigenvalue weighted by atomic mass is 10.1. The van der Waals surface area contributed by atoms with E-state index in [1.165, 1.54) is 66.5 Å². The summed E-state index contributed by atoms with van der Waals surface area (Å²) in [6.45, 7) is 4.90. The maximum Gasteiger partial charge on any atom is 0.337 e. The molecule has 4 aromatic rings. The highest BCUT2D eigenvalue weighted by Gasteiger charge is 2.38. The van der Waals surface area contributed by atoms with E-state index < -0.39 is 50.5 Å². The van der Waals surface area contributed by atoms with Crippen LogP contribution in [0.5, 0.6) is 0 Å². The molecule has 0 amide bonds. The van der Waals surface area contributed by atoms with Crippen LogP contribution in [-0.4, -0.2) is 54.2 Å². The fourth-order valence-electron chi connectivity index (χ4n) is 4.23. The molecule has 2 aromatic heterocycles. The number of benzene rings is 2. The van der Waals surface area contributed by atoms with Gasteiger partial charge in [0.15, 0.2) is 6.23 Å². The predicted octanol–water partition coefficient (Wildman–Crippen LogP) is 4.24. The van der Waals surface area contributed by atoms with Crippen molar-refractivity contribution in [3.8, 4) is 0 Å². The van der Waals surface area contributed by atoms with Crippen molar-refractivity contribution in [3.63, 3.8) is 0 Å². The van der Waals surface area contributed by atoms with Crippen molar-refractivity contribution in [2.75, 3.05) is 0 Å². The summed E-state index contributed by atoms with van der Waals surface area (Å²) < 4.78 is 67.0. The molecule has 0 aliphatic heterocycles. The van der Waals surface area contributed by atoms with Gasteiger partial charge < -0.3 is 19.3 Å². The lowest BCUT2D eigenvalue weighted by molar-refractivity contribution is 0.0200. The number of aryl methyl sites for hydroxylation is 2. The molecular formula is C28H28N2O10S2. The number of rotatable bonds is 12. The molecule has 3 atom stereocenters. The number of hydrogen-bond acceptors (Lipinski definition) is 8. The lowest BCUT2D eigenvalue weighted by Gasteiger charge is -2.33. The summed E-state index contributed by atoms with van der Waals surface area (Å²) in [4.78, 5) is 23.0. The van der Waals surface area contributed by atoms with Gasteiger partial charge in [-0.3, -0.25) is 4.18 Å². The first-order valence-electron chi connectivity index (χ1n) is 12.5. The predicted molar refractivity (Wildman–Crippen MR) is 149 cm³/mol. The summed E-state index contributed by atoms with van der Waals surface area (Å²) in [5.74, 6) is -2.59. The van der Waals surface area contributed by atoms with Crippen molar-refractivity contribution in [2.24, 2.45) is 0 Å². The molecule has 2 aromatic carbocycles. The van der Waals surface area contributed by atoms with Gasteiger partial charge in [0.25, 0.3) is 20.2 Å². The zero-order chi connectivity index (χ0) is 30.8. The summed E-state index contributed by atoms with van der Waals surface area (Å²) >= 11 is 0. The fourth-order valence-corrected chi connectivity index (χ4v) is 6.38. The summed E-state index contributed by atoms with van der Waals surface area (Å²) in [7, 11) is -8.94. The largest absolute Gasteiger partial charge is 0.478 e. The van der Waals surface area contributed by atoms with Crippen LogP contribution in [0.25, 0.3) is 0 Å². The Hall–Kier alpha value is -4.24. The normalized spacial score (nSPS) is 14.3. The Morgan fingerprint density at radius 3 is 1.50 bits per heavy atom. The highest BCUT2D eigenvalue weighted by Crippen LogP contribution is 2.35. The molecule has 42 heavy (non-hydrogen) atoms. The highest BCUT2D eigenvalue weighted by atomic mass is 32.2. The van der Waals surface area contributed by atoms with Crippen LogP contribution in [0.3, 0.4) is 0 Å². The molecule has 12 nitrogen and oxygen atoms in total. The minimum atomic E-state index is -4.53. The van der Waals surface area contributed by atoms with Crippen molar-refractivity contribution in [2.45, 2.75) is 48.9 Å². The molecular weight excluding hydrogens is 588 g/mol. The minimum absolute atomic E-state index is 0.156. The smallest absolute Gasteiger partial charge is 0.337 e. The number of carboxylic acids is 2. The summed E-state index contributed by atoms with van der Waals surface area (Å²) in [6, 6.07) is 12.7. The molecule has 0 bridgehead atoms. The number of nitrogens with zero attached hydrogens (tertiary/aromatic N) is 2. The molecule has 4 rings (SSSR count). The van der Waals surface area contributed by atoms with Gasteiger partial charge in [-0.05, 0) is 57.2 Å². The van der Waals surface area contributed by atoms with E-state index in [1.807, 2.05) is 0 Å². The Balaban J connectivity index is 1.85. The maximum atomic E-state index is 13.5. The average molecular weight is 617 g/mol. The Morgan fingerprint density at radius 2 is 1.07 bits per heavy atom. The lowest BCUT2D eigenvalue weighted by Crippen LogP contribution is -2.36. The summed E-state index contributed by atoms with van der Waals surface area (Å²) in [5, 5.41) is 19.0. The number of hydrogen-bond donors (Lipinski definition) is 2. The van der Waals surface area contributed by atoms with Gasteiger partial charge in [-0.1, -0.05) is 35.4 Å². The monoisotopic (exact) mass is 616 g/mol. The quantitative estimate of drug-likeness (QED) is 0.219. The topological polar surface area (TPSA) is 171 Å². The maximum absolute atomic E-state index is 13.5. The second-order valence-electron chi connectivity index (χ2n) is 9.62. The molecule has 2 heterocycles. The van der Waals surface area contributed by atoms with E-state index in [9.17, 15) is 36.6 Å². The second-order valence-corrected chi connectivity index (χ2v) is 12.8. The van der Waals surface area contributed by atoms with E-state index in [0.717, 1.165) is 21.9 Å². The van der Waals surface area contributed by atoms with Gasteiger partial charge in [0.2, 0.25) is 0 Å². The number of aromatic nitrogens is 2. The van der Waals surface area contributed by atoms with E-state index in [-0.39, 0.29) is 20.9 Å². The molecule has 0 saturated carbocycles. The molecule has 2 N–H and O–H groups in total. The van der Waals surface area contributed by atoms with Crippen LogP contribution in [-0.2, 0) is 28.6 Å². The molecule has 0 saturated heterocycles. The highest BCUT2D eigenvalue weighted by molar-refractivity contribution is 7.87. The average Bonchev–Trinajstić information content (AvgIpc) is 3.59. The van der Waals surface area contributed by atoms with Crippen LogP contribution in [0.1, 0.15) is 51.0 Å². The van der Waals surface area contributed by atoms with Crippen LogP contribution in [0.15, 0.2) is 95.2 Å². The van der Waals surface area contributed by atoms with Gasteiger partial charge in [-0.2, -0.15) is 16.8 Å². The molecule has 0 radical (unpaired) electrons. The Bertz CT molecular complexity index is 1810. The van der Waals surface area contributed by atoms with Gasteiger partial charge >= 0.3 is 11.9 Å². The number of aromatic carboxylic acids is 2. The number of carbonyl (C=O) groups is 2. The Kier molecular flexibility index (Phi) is 8.73. The van der Waals surface area contributed by atoms with E-state index in [2.05, 4.69) is 0 Å². The zero-order valence-corrected chi connectivity index (χ0v) is 24.3. The molecule has 14 heteroatoms. The summed E-state index contributed by atoms with van der Waals surface area (Å²) in [5.41, 5.74) is 1.23. The van der Waals surface area contributed by atoms with Gasteiger partial charge in [0, 0.05) is 24.8 Å². The molecule has 222 valence electrons. The van der Waals surface area contributed by atoms with E-state index in [0.29, 0.717) is 0 Å². The third-order valence-corrected chi connectivity index (χ3v) is 9.16. The van der Waals surface area contributed by atoms with Crippen molar-refractivity contribution in [1.82, 2.24) is 9.13 Å². The van der Waals surface area contributed by atoms with Crippen molar-refractivity contribution in [1.29, 1.82) is 0 Å². The van der Waals surface area contributed by atoms with Gasteiger partial charge in [-0.15, -0.1) is 0 Å². The van der Waals surface area contributed by atoms with E-state index in [4.69, 9.17) is 8.37 Å². The summed E-state index contributed by atoms with van der Waals surface area (Å²) in [6.07, 6.45) is 1.84. The van der Waals surface area contributed by atoms with Gasteiger partial charge in [-0.25, -0.2) is 13.8 Å². The van der Waals surface area contributed by atoms with E-state index >= 15 is 0 Å².